The molecule has 0 bridgehead atoms. The van der Waals surface area contributed by atoms with Gasteiger partial charge in [-0.05, 0) is 67.3 Å². The van der Waals surface area contributed by atoms with E-state index < -0.39 is 0 Å². The largest absolute Gasteiger partial charge is 0.497 e. The first-order valence-corrected chi connectivity index (χ1v) is 15.2. The molecule has 0 aliphatic rings. The van der Waals surface area contributed by atoms with Gasteiger partial charge in [0.2, 0.25) is 0 Å². The Hall–Kier alpha value is -3.78. The second kappa shape index (κ2) is 14.7. The first kappa shape index (κ1) is 30.2. The summed E-state index contributed by atoms with van der Waals surface area (Å²) >= 11 is 1.55. The highest BCUT2D eigenvalue weighted by molar-refractivity contribution is 7.09. The molecule has 4 aromatic rings. The number of carbonyl (C=O) groups excluding carboxylic acids is 1. The van der Waals surface area contributed by atoms with Gasteiger partial charge < -0.3 is 24.1 Å². The normalized spacial score (nSPS) is 11.7. The van der Waals surface area contributed by atoms with Crippen molar-refractivity contribution in [2.75, 3.05) is 20.8 Å². The van der Waals surface area contributed by atoms with E-state index in [9.17, 15) is 4.79 Å². The van der Waals surface area contributed by atoms with E-state index in [1.54, 1.807) is 25.6 Å². The topological polar surface area (TPSA) is 74.6 Å². The van der Waals surface area contributed by atoms with Crippen molar-refractivity contribution in [3.05, 3.63) is 81.8 Å². The Morgan fingerprint density at radius 1 is 1.00 bits per heavy atom. The molecule has 0 radical (unpaired) electrons. The molecule has 41 heavy (non-hydrogen) atoms. The van der Waals surface area contributed by atoms with Crippen LogP contribution in [0.2, 0.25) is 0 Å². The van der Waals surface area contributed by atoms with Crippen molar-refractivity contribution in [3.8, 4) is 28.6 Å². The van der Waals surface area contributed by atoms with Crippen LogP contribution in [0.4, 0.5) is 0 Å². The van der Waals surface area contributed by atoms with Gasteiger partial charge in [-0.1, -0.05) is 45.2 Å². The number of unbranched alkanes of at least 4 members (excludes halogenated alkanes) is 1. The van der Waals surface area contributed by atoms with E-state index in [4.69, 9.17) is 19.2 Å². The van der Waals surface area contributed by atoms with Crippen molar-refractivity contribution in [1.29, 1.82) is 0 Å². The van der Waals surface area contributed by atoms with E-state index >= 15 is 0 Å². The third-order valence-corrected chi connectivity index (χ3v) is 8.26. The molecule has 4 rings (SSSR count). The van der Waals surface area contributed by atoms with Gasteiger partial charge >= 0.3 is 0 Å². The summed E-state index contributed by atoms with van der Waals surface area (Å²) in [6.07, 6.45) is 4.55. The Bertz CT molecular complexity index is 1390. The molecule has 0 spiro atoms. The van der Waals surface area contributed by atoms with Gasteiger partial charge in [-0.2, -0.15) is 0 Å². The highest BCUT2D eigenvalue weighted by Crippen LogP contribution is 2.29. The van der Waals surface area contributed by atoms with Gasteiger partial charge in [0, 0.05) is 24.2 Å². The minimum absolute atomic E-state index is 0.0366. The van der Waals surface area contributed by atoms with E-state index in [-0.39, 0.29) is 5.91 Å². The Labute approximate surface area is 247 Å². The van der Waals surface area contributed by atoms with Gasteiger partial charge in [-0.3, -0.25) is 4.79 Å². The summed E-state index contributed by atoms with van der Waals surface area (Å²) in [6.45, 7) is 8.07. The molecule has 0 saturated carbocycles. The number of benzene rings is 2. The van der Waals surface area contributed by atoms with E-state index in [0.717, 1.165) is 57.7 Å². The summed E-state index contributed by atoms with van der Waals surface area (Å²) in [4.78, 5) is 18.3. The SMILES string of the molecule is CCCCC(CC)CNC(=O)c1cc(-c2csc(COc3ccc(OC)cc3)n2)n(Cc2ccc(OC)cc2)c1C. The van der Waals surface area contributed by atoms with E-state index in [1.807, 2.05) is 54.8 Å². The van der Waals surface area contributed by atoms with Crippen molar-refractivity contribution in [2.45, 2.75) is 59.6 Å². The van der Waals surface area contributed by atoms with Gasteiger partial charge in [-0.15, -0.1) is 11.3 Å². The number of ether oxygens (including phenoxy) is 3. The molecule has 7 nitrogen and oxygen atoms in total. The number of methoxy groups -OCH3 is 2. The fraction of sp³-hybridized carbons (Fsp3) is 0.394. The lowest BCUT2D eigenvalue weighted by Gasteiger charge is -2.15. The predicted molar refractivity (Wildman–Crippen MR) is 165 cm³/mol. The fourth-order valence-electron chi connectivity index (χ4n) is 4.79. The zero-order valence-corrected chi connectivity index (χ0v) is 25.6. The van der Waals surface area contributed by atoms with Gasteiger partial charge in [0.05, 0.1) is 31.2 Å². The van der Waals surface area contributed by atoms with E-state index in [1.165, 1.54) is 12.8 Å². The van der Waals surface area contributed by atoms with Gasteiger partial charge in [-0.25, -0.2) is 4.98 Å². The van der Waals surface area contributed by atoms with Crippen LogP contribution in [0.5, 0.6) is 17.2 Å². The molecule has 1 N–H and O–H groups in total. The molecule has 1 atom stereocenters. The van der Waals surface area contributed by atoms with E-state index in [0.29, 0.717) is 31.2 Å². The molecule has 0 aliphatic carbocycles. The molecule has 218 valence electrons. The van der Waals surface area contributed by atoms with Crippen molar-refractivity contribution >= 4 is 17.2 Å². The number of aromatic nitrogens is 2. The van der Waals surface area contributed by atoms with Crippen LogP contribution in [0.3, 0.4) is 0 Å². The van der Waals surface area contributed by atoms with Gasteiger partial charge in [0.1, 0.15) is 28.9 Å². The number of hydrogen-bond donors (Lipinski definition) is 1. The molecule has 8 heteroatoms. The maximum atomic E-state index is 13.4. The fourth-order valence-corrected chi connectivity index (χ4v) is 5.49. The smallest absolute Gasteiger partial charge is 0.253 e. The molecule has 0 aliphatic heterocycles. The zero-order valence-electron chi connectivity index (χ0n) is 24.7. The number of nitrogens with one attached hydrogen (secondary N) is 1. The van der Waals surface area contributed by atoms with Crippen molar-refractivity contribution < 1.29 is 19.0 Å². The zero-order chi connectivity index (χ0) is 29.2. The van der Waals surface area contributed by atoms with Crippen LogP contribution in [0, 0.1) is 12.8 Å². The number of thiazole rings is 1. The lowest BCUT2D eigenvalue weighted by atomic mass is 9.99. The first-order valence-electron chi connectivity index (χ1n) is 14.3. The summed E-state index contributed by atoms with van der Waals surface area (Å²) in [5.41, 5.74) is 4.45. The summed E-state index contributed by atoms with van der Waals surface area (Å²) in [7, 11) is 3.31. The molecule has 1 unspecified atom stereocenters. The third-order valence-electron chi connectivity index (χ3n) is 7.44. The second-order valence-corrected chi connectivity index (χ2v) is 11.1. The van der Waals surface area contributed by atoms with E-state index in [2.05, 4.69) is 35.9 Å². The van der Waals surface area contributed by atoms with Crippen molar-refractivity contribution in [3.63, 3.8) is 0 Å². The average Bonchev–Trinajstić information content (AvgIpc) is 3.61. The van der Waals surface area contributed by atoms with Crippen LogP contribution in [0.15, 0.2) is 60.0 Å². The van der Waals surface area contributed by atoms with Crippen LogP contribution in [0.25, 0.3) is 11.4 Å². The van der Waals surface area contributed by atoms with Crippen molar-refractivity contribution in [2.24, 2.45) is 5.92 Å². The van der Waals surface area contributed by atoms with Crippen LogP contribution < -0.4 is 19.5 Å². The maximum Gasteiger partial charge on any atom is 0.253 e. The minimum Gasteiger partial charge on any atom is -0.497 e. The molecule has 0 fully saturated rings. The first-order chi connectivity index (χ1) is 19.9. The third kappa shape index (κ3) is 7.91. The quantitative estimate of drug-likeness (QED) is 0.159. The number of carbonyl (C=O) groups is 1. The lowest BCUT2D eigenvalue weighted by molar-refractivity contribution is 0.0945. The highest BCUT2D eigenvalue weighted by Gasteiger charge is 2.21. The van der Waals surface area contributed by atoms with Crippen molar-refractivity contribution in [1.82, 2.24) is 14.9 Å². The molecule has 1 amide bonds. The number of hydrogen-bond acceptors (Lipinski definition) is 6. The Kier molecular flexibility index (Phi) is 10.8. The Balaban J connectivity index is 1.57. The van der Waals surface area contributed by atoms with Gasteiger partial charge in [0.15, 0.2) is 0 Å². The van der Waals surface area contributed by atoms with Crippen LogP contribution in [0.1, 0.15) is 66.2 Å². The number of nitrogens with zero attached hydrogens (tertiary/aromatic N) is 2. The number of rotatable bonds is 15. The molecule has 2 aromatic heterocycles. The minimum atomic E-state index is -0.0366. The summed E-state index contributed by atoms with van der Waals surface area (Å²) in [6, 6.07) is 17.5. The molecule has 2 heterocycles. The summed E-state index contributed by atoms with van der Waals surface area (Å²) < 4.78 is 18.7. The maximum absolute atomic E-state index is 13.4. The van der Waals surface area contributed by atoms with Crippen LogP contribution in [-0.2, 0) is 13.2 Å². The molecule has 2 aromatic carbocycles. The monoisotopic (exact) mass is 575 g/mol. The number of amides is 1. The lowest BCUT2D eigenvalue weighted by Crippen LogP contribution is -2.29. The Morgan fingerprint density at radius 2 is 1.66 bits per heavy atom. The standard InChI is InChI=1S/C33H41N3O4S/c1-6-8-9-24(7-2)19-34-33(37)29-18-31(36(23(29)3)20-25-10-12-26(38-4)13-11-25)30-22-41-32(35-30)21-40-28-16-14-27(39-5)15-17-28/h10-18,22,24H,6-9,19-21H2,1-5H3,(H,34,37). The van der Waals surface area contributed by atoms with Gasteiger partial charge in [0.25, 0.3) is 5.91 Å². The second-order valence-electron chi connectivity index (χ2n) is 10.2. The summed E-state index contributed by atoms with van der Waals surface area (Å²) in [5, 5.41) is 6.10. The molecular formula is C33H41N3O4S. The van der Waals surface area contributed by atoms with Crippen LogP contribution >= 0.6 is 11.3 Å². The Morgan fingerprint density at radius 3 is 2.29 bits per heavy atom. The highest BCUT2D eigenvalue weighted by atomic mass is 32.1. The molecule has 0 saturated heterocycles. The summed E-state index contributed by atoms with van der Waals surface area (Å²) in [5.74, 6) is 2.81. The molecular weight excluding hydrogens is 534 g/mol. The van der Waals surface area contributed by atoms with Crippen LogP contribution in [-0.4, -0.2) is 36.2 Å². The predicted octanol–water partition coefficient (Wildman–Crippen LogP) is 7.51. The average molecular weight is 576 g/mol.